The van der Waals surface area contributed by atoms with Crippen LogP contribution < -0.4 is 5.32 Å². The highest BCUT2D eigenvalue weighted by Crippen LogP contribution is 2.27. The Morgan fingerprint density at radius 2 is 1.95 bits per heavy atom. The lowest BCUT2D eigenvalue weighted by Gasteiger charge is -2.38. The van der Waals surface area contributed by atoms with Crippen molar-refractivity contribution in [3.8, 4) is 0 Å². The first-order chi connectivity index (χ1) is 9.85. The third-order valence-electron chi connectivity index (χ3n) is 4.28. The van der Waals surface area contributed by atoms with Gasteiger partial charge in [-0.3, -0.25) is 10.1 Å². The van der Waals surface area contributed by atoms with Crippen LogP contribution in [0.1, 0.15) is 25.6 Å². The van der Waals surface area contributed by atoms with Crippen LogP contribution in [0.4, 0.5) is 0 Å². The summed E-state index contributed by atoms with van der Waals surface area (Å²) in [5, 5.41) is 3.32. The summed E-state index contributed by atoms with van der Waals surface area (Å²) < 4.78 is 0. The number of benzene rings is 1. The van der Waals surface area contributed by atoms with Crippen molar-refractivity contribution in [2.75, 3.05) is 33.4 Å². The largest absolute Gasteiger partial charge is 0.320 e. The second-order valence-corrected chi connectivity index (χ2v) is 7.16. The number of hydrogen-bond donors (Lipinski definition) is 1. The smallest absolute Gasteiger partial charge is 0.238 e. The standard InChI is InChI=1S/C16H25N3OS/c1-16(2,18(3)4)11-19-14(20)10-17-15(19)12-6-8-13(21-5)9-7-12/h6-9,15,17H,10-11H2,1-5H3. The molecular formula is C16H25N3OS. The summed E-state index contributed by atoms with van der Waals surface area (Å²) >= 11 is 1.73. The quantitative estimate of drug-likeness (QED) is 0.846. The van der Waals surface area contributed by atoms with Gasteiger partial charge in [-0.1, -0.05) is 12.1 Å². The first-order valence-corrected chi connectivity index (χ1v) is 8.42. The predicted molar refractivity (Wildman–Crippen MR) is 88.4 cm³/mol. The van der Waals surface area contributed by atoms with Gasteiger partial charge in [0.2, 0.25) is 5.91 Å². The zero-order valence-electron chi connectivity index (χ0n) is 13.5. The van der Waals surface area contributed by atoms with E-state index in [2.05, 4.69) is 68.7 Å². The molecule has 1 unspecified atom stereocenters. The summed E-state index contributed by atoms with van der Waals surface area (Å²) in [6.45, 7) is 5.44. The molecule has 1 atom stereocenters. The van der Waals surface area contributed by atoms with Crippen LogP contribution in [0.2, 0.25) is 0 Å². The van der Waals surface area contributed by atoms with Crippen molar-refractivity contribution in [1.29, 1.82) is 0 Å². The lowest BCUT2D eigenvalue weighted by Crippen LogP contribution is -2.49. The van der Waals surface area contributed by atoms with Crippen LogP contribution in [-0.4, -0.2) is 54.7 Å². The van der Waals surface area contributed by atoms with Gasteiger partial charge in [-0.05, 0) is 51.9 Å². The Labute approximate surface area is 131 Å². The molecule has 0 bridgehead atoms. The number of nitrogens with zero attached hydrogens (tertiary/aromatic N) is 2. The third-order valence-corrected chi connectivity index (χ3v) is 5.02. The average Bonchev–Trinajstić information content (AvgIpc) is 2.80. The van der Waals surface area contributed by atoms with E-state index in [0.29, 0.717) is 13.1 Å². The maximum atomic E-state index is 12.2. The van der Waals surface area contributed by atoms with E-state index in [1.807, 2.05) is 4.90 Å². The number of carbonyl (C=O) groups is 1. The molecule has 0 aliphatic carbocycles. The summed E-state index contributed by atoms with van der Waals surface area (Å²) in [7, 11) is 4.10. The van der Waals surface area contributed by atoms with Crippen LogP contribution in [0.5, 0.6) is 0 Å². The van der Waals surface area contributed by atoms with E-state index in [4.69, 9.17) is 0 Å². The molecule has 1 amide bonds. The van der Waals surface area contributed by atoms with E-state index < -0.39 is 0 Å². The molecule has 4 nitrogen and oxygen atoms in total. The molecule has 0 saturated carbocycles. The fourth-order valence-electron chi connectivity index (χ4n) is 2.36. The molecule has 1 fully saturated rings. The molecule has 0 radical (unpaired) electrons. The Hall–Kier alpha value is -1.04. The number of nitrogens with one attached hydrogen (secondary N) is 1. The Bertz CT molecular complexity index is 499. The molecular weight excluding hydrogens is 282 g/mol. The van der Waals surface area contributed by atoms with Crippen molar-refractivity contribution in [2.45, 2.75) is 30.4 Å². The van der Waals surface area contributed by atoms with Gasteiger partial charge >= 0.3 is 0 Å². The van der Waals surface area contributed by atoms with Crippen LogP contribution in [0.3, 0.4) is 0 Å². The normalized spacial score (nSPS) is 19.6. The second-order valence-electron chi connectivity index (χ2n) is 6.29. The highest BCUT2D eigenvalue weighted by atomic mass is 32.2. The van der Waals surface area contributed by atoms with Crippen molar-refractivity contribution in [3.05, 3.63) is 29.8 Å². The monoisotopic (exact) mass is 307 g/mol. The minimum absolute atomic E-state index is 0.0207. The van der Waals surface area contributed by atoms with E-state index in [1.54, 1.807) is 11.8 Å². The predicted octanol–water partition coefficient (Wildman–Crippen LogP) is 2.18. The first-order valence-electron chi connectivity index (χ1n) is 7.19. The average molecular weight is 307 g/mol. The SMILES string of the molecule is CSc1ccc(C2NCC(=O)N2CC(C)(C)N(C)C)cc1. The van der Waals surface area contributed by atoms with E-state index in [0.717, 1.165) is 5.56 Å². The Kier molecular flexibility index (Phi) is 4.96. The van der Waals surface area contributed by atoms with E-state index in [-0.39, 0.29) is 17.6 Å². The Balaban J connectivity index is 2.19. The molecule has 21 heavy (non-hydrogen) atoms. The molecule has 1 aliphatic heterocycles. The zero-order valence-corrected chi connectivity index (χ0v) is 14.3. The molecule has 116 valence electrons. The number of carbonyl (C=O) groups excluding carboxylic acids is 1. The van der Waals surface area contributed by atoms with Crippen molar-refractivity contribution in [1.82, 2.24) is 15.1 Å². The van der Waals surface area contributed by atoms with Gasteiger partial charge in [-0.15, -0.1) is 11.8 Å². The van der Waals surface area contributed by atoms with E-state index in [9.17, 15) is 4.79 Å². The second kappa shape index (κ2) is 6.38. The molecule has 0 aromatic heterocycles. The van der Waals surface area contributed by atoms with Gasteiger partial charge in [-0.2, -0.15) is 0 Å². The van der Waals surface area contributed by atoms with Crippen molar-refractivity contribution in [2.24, 2.45) is 0 Å². The molecule has 1 aromatic rings. The molecule has 2 rings (SSSR count). The number of rotatable bonds is 5. The molecule has 1 aromatic carbocycles. The fourth-order valence-corrected chi connectivity index (χ4v) is 2.77. The van der Waals surface area contributed by atoms with Crippen molar-refractivity contribution in [3.63, 3.8) is 0 Å². The van der Waals surface area contributed by atoms with Crippen LogP contribution >= 0.6 is 11.8 Å². The van der Waals surface area contributed by atoms with Crippen LogP contribution in [0.25, 0.3) is 0 Å². The van der Waals surface area contributed by atoms with E-state index >= 15 is 0 Å². The molecule has 0 spiro atoms. The maximum absolute atomic E-state index is 12.2. The number of hydrogen-bond acceptors (Lipinski definition) is 4. The van der Waals surface area contributed by atoms with Gasteiger partial charge in [0.1, 0.15) is 6.17 Å². The highest BCUT2D eigenvalue weighted by molar-refractivity contribution is 7.98. The van der Waals surface area contributed by atoms with Gasteiger partial charge in [-0.25, -0.2) is 0 Å². The van der Waals surface area contributed by atoms with Gasteiger partial charge in [0.15, 0.2) is 0 Å². The van der Waals surface area contributed by atoms with Gasteiger partial charge < -0.3 is 9.80 Å². The summed E-state index contributed by atoms with van der Waals surface area (Å²) in [4.78, 5) is 17.6. The highest BCUT2D eigenvalue weighted by Gasteiger charge is 2.36. The van der Waals surface area contributed by atoms with Crippen LogP contribution in [0.15, 0.2) is 29.2 Å². The summed E-state index contributed by atoms with van der Waals surface area (Å²) in [6.07, 6.45) is 2.05. The van der Waals surface area contributed by atoms with Gasteiger partial charge in [0, 0.05) is 17.0 Å². The zero-order chi connectivity index (χ0) is 15.6. The Morgan fingerprint density at radius 1 is 1.33 bits per heavy atom. The minimum Gasteiger partial charge on any atom is -0.320 e. The van der Waals surface area contributed by atoms with Crippen molar-refractivity contribution >= 4 is 17.7 Å². The summed E-state index contributed by atoms with van der Waals surface area (Å²) in [5.41, 5.74) is 1.09. The number of likely N-dealkylation sites (N-methyl/N-ethyl adjacent to an activating group) is 1. The third kappa shape index (κ3) is 3.59. The van der Waals surface area contributed by atoms with Crippen LogP contribution in [0, 0.1) is 0 Å². The molecule has 5 heteroatoms. The number of amides is 1. The van der Waals surface area contributed by atoms with Crippen LogP contribution in [-0.2, 0) is 4.79 Å². The summed E-state index contributed by atoms with van der Waals surface area (Å²) in [6, 6.07) is 8.44. The first kappa shape index (κ1) is 16.3. The topological polar surface area (TPSA) is 35.6 Å². The summed E-state index contributed by atoms with van der Waals surface area (Å²) in [5.74, 6) is 0.170. The maximum Gasteiger partial charge on any atom is 0.238 e. The molecule has 1 aliphatic rings. The molecule has 1 heterocycles. The lowest BCUT2D eigenvalue weighted by molar-refractivity contribution is -0.129. The van der Waals surface area contributed by atoms with E-state index in [1.165, 1.54) is 4.90 Å². The minimum atomic E-state index is -0.0564. The molecule has 1 saturated heterocycles. The van der Waals surface area contributed by atoms with Gasteiger partial charge in [0.05, 0.1) is 6.54 Å². The Morgan fingerprint density at radius 3 is 2.48 bits per heavy atom. The number of thioether (sulfide) groups is 1. The van der Waals surface area contributed by atoms with Gasteiger partial charge in [0.25, 0.3) is 0 Å². The molecule has 1 N–H and O–H groups in total. The fraction of sp³-hybridized carbons (Fsp3) is 0.562. The van der Waals surface area contributed by atoms with Crippen molar-refractivity contribution < 1.29 is 4.79 Å². The lowest BCUT2D eigenvalue weighted by atomic mass is 10.0.